The van der Waals surface area contributed by atoms with Crippen molar-refractivity contribution in [1.29, 1.82) is 0 Å². The van der Waals surface area contributed by atoms with Crippen molar-refractivity contribution < 1.29 is 13.2 Å². The Morgan fingerprint density at radius 3 is 2.72 bits per heavy atom. The Hall–Kier alpha value is -2.23. The van der Waals surface area contributed by atoms with Crippen LogP contribution in [-0.2, 0) is 0 Å². The van der Waals surface area contributed by atoms with Gasteiger partial charge in [0, 0.05) is 17.7 Å². The number of aromatic nitrogens is 1. The number of halogens is 2. The Bertz CT molecular complexity index is 734. The molecule has 0 spiro atoms. The second-order valence-corrected chi connectivity index (χ2v) is 4.12. The van der Waals surface area contributed by atoms with Gasteiger partial charge in [-0.15, -0.1) is 0 Å². The van der Waals surface area contributed by atoms with Gasteiger partial charge in [-0.2, -0.15) is 0 Å². The van der Waals surface area contributed by atoms with E-state index >= 15 is 0 Å². The van der Waals surface area contributed by atoms with Crippen LogP contribution in [0.15, 0.2) is 40.8 Å². The molecule has 0 saturated carbocycles. The quantitative estimate of drug-likeness (QED) is 0.645. The fraction of sp³-hybridized carbons (Fsp3) is 0.0714. The van der Waals surface area contributed by atoms with E-state index in [0.717, 1.165) is 23.3 Å². The molecule has 3 rings (SSSR count). The molecule has 3 aromatic rings. The van der Waals surface area contributed by atoms with Crippen molar-refractivity contribution in [2.24, 2.45) is 0 Å². The van der Waals surface area contributed by atoms with Gasteiger partial charge < -0.3 is 4.42 Å². The third-order valence-electron chi connectivity index (χ3n) is 2.67. The number of oxazole rings is 1. The Kier molecular flexibility index (Phi) is 2.37. The minimum Gasteiger partial charge on any atom is -0.433 e. The maximum Gasteiger partial charge on any atom is 0.227 e. The SMILES string of the molecule is Cc1cccc(-c2nc3cc(F)cc(F)c3o2)c1. The van der Waals surface area contributed by atoms with Gasteiger partial charge in [-0.25, -0.2) is 13.8 Å². The Morgan fingerprint density at radius 1 is 1.11 bits per heavy atom. The zero-order chi connectivity index (χ0) is 12.7. The largest absolute Gasteiger partial charge is 0.433 e. The predicted molar refractivity (Wildman–Crippen MR) is 64.1 cm³/mol. The minimum absolute atomic E-state index is 0.0205. The molecule has 0 aliphatic rings. The molecule has 0 fully saturated rings. The lowest BCUT2D eigenvalue weighted by Gasteiger charge is -1.96. The van der Waals surface area contributed by atoms with Gasteiger partial charge in [0.15, 0.2) is 11.4 Å². The first-order chi connectivity index (χ1) is 8.63. The number of benzene rings is 2. The fourth-order valence-corrected chi connectivity index (χ4v) is 1.86. The van der Waals surface area contributed by atoms with Crippen LogP contribution >= 0.6 is 0 Å². The fourth-order valence-electron chi connectivity index (χ4n) is 1.86. The normalized spacial score (nSPS) is 11.1. The molecule has 0 N–H and O–H groups in total. The van der Waals surface area contributed by atoms with E-state index in [1.165, 1.54) is 0 Å². The Morgan fingerprint density at radius 2 is 1.94 bits per heavy atom. The lowest BCUT2D eigenvalue weighted by molar-refractivity contribution is 0.550. The summed E-state index contributed by atoms with van der Waals surface area (Å²) in [5, 5.41) is 0. The molecule has 0 aliphatic heterocycles. The first-order valence-corrected chi connectivity index (χ1v) is 5.46. The van der Waals surface area contributed by atoms with E-state index < -0.39 is 11.6 Å². The summed E-state index contributed by atoms with van der Waals surface area (Å²) in [7, 11) is 0. The van der Waals surface area contributed by atoms with Crippen LogP contribution in [0.3, 0.4) is 0 Å². The van der Waals surface area contributed by atoms with Crippen LogP contribution in [0.4, 0.5) is 8.78 Å². The van der Waals surface area contributed by atoms with Crippen LogP contribution in [0.5, 0.6) is 0 Å². The topological polar surface area (TPSA) is 26.0 Å². The van der Waals surface area contributed by atoms with Crippen molar-refractivity contribution in [3.63, 3.8) is 0 Å². The molecule has 4 heteroatoms. The van der Waals surface area contributed by atoms with E-state index in [1.54, 1.807) is 0 Å². The molecule has 1 aromatic heterocycles. The Labute approximate surface area is 102 Å². The van der Waals surface area contributed by atoms with Gasteiger partial charge in [-0.05, 0) is 19.1 Å². The molecule has 90 valence electrons. The van der Waals surface area contributed by atoms with Crippen LogP contribution in [-0.4, -0.2) is 4.98 Å². The molecule has 0 bridgehead atoms. The number of hydrogen-bond acceptors (Lipinski definition) is 2. The maximum absolute atomic E-state index is 13.5. The highest BCUT2D eigenvalue weighted by molar-refractivity contribution is 5.76. The van der Waals surface area contributed by atoms with Gasteiger partial charge in [-0.3, -0.25) is 0 Å². The number of rotatable bonds is 1. The van der Waals surface area contributed by atoms with Gasteiger partial charge in [0.25, 0.3) is 0 Å². The van der Waals surface area contributed by atoms with Gasteiger partial charge in [0.2, 0.25) is 5.89 Å². The third kappa shape index (κ3) is 1.76. The molecule has 0 aliphatic carbocycles. The van der Waals surface area contributed by atoms with E-state index in [0.29, 0.717) is 5.89 Å². The van der Waals surface area contributed by atoms with E-state index in [9.17, 15) is 8.78 Å². The van der Waals surface area contributed by atoms with Gasteiger partial charge in [0.1, 0.15) is 11.3 Å². The third-order valence-corrected chi connectivity index (χ3v) is 2.67. The monoisotopic (exact) mass is 245 g/mol. The lowest BCUT2D eigenvalue weighted by atomic mass is 10.1. The number of aryl methyl sites for hydroxylation is 1. The van der Waals surface area contributed by atoms with Gasteiger partial charge in [-0.1, -0.05) is 17.7 Å². The summed E-state index contributed by atoms with van der Waals surface area (Å²) in [5.41, 5.74) is 1.95. The summed E-state index contributed by atoms with van der Waals surface area (Å²) >= 11 is 0. The molecule has 0 radical (unpaired) electrons. The van der Waals surface area contributed by atoms with Crippen molar-refractivity contribution in [2.75, 3.05) is 0 Å². The summed E-state index contributed by atoms with van der Waals surface area (Å²) in [4.78, 5) is 4.10. The second-order valence-electron chi connectivity index (χ2n) is 4.12. The molecule has 2 nitrogen and oxygen atoms in total. The van der Waals surface area contributed by atoms with Gasteiger partial charge >= 0.3 is 0 Å². The zero-order valence-corrected chi connectivity index (χ0v) is 9.58. The minimum atomic E-state index is -0.739. The van der Waals surface area contributed by atoms with Crippen LogP contribution in [0.25, 0.3) is 22.6 Å². The smallest absolute Gasteiger partial charge is 0.227 e. The summed E-state index contributed by atoms with van der Waals surface area (Å²) in [6.45, 7) is 1.94. The summed E-state index contributed by atoms with van der Waals surface area (Å²) < 4.78 is 31.9. The summed E-state index contributed by atoms with van der Waals surface area (Å²) in [5.74, 6) is -1.11. The molecule has 0 unspecified atom stereocenters. The molecule has 0 atom stereocenters. The van der Waals surface area contributed by atoms with E-state index in [1.807, 2.05) is 31.2 Å². The first kappa shape index (κ1) is 10.9. The second kappa shape index (κ2) is 3.91. The van der Waals surface area contributed by atoms with Gasteiger partial charge in [0.05, 0.1) is 0 Å². The van der Waals surface area contributed by atoms with Crippen molar-refractivity contribution in [3.05, 3.63) is 53.6 Å². The molecule has 1 heterocycles. The summed E-state index contributed by atoms with van der Waals surface area (Å²) in [6.07, 6.45) is 0. The Balaban J connectivity index is 2.22. The average Bonchev–Trinajstić information content (AvgIpc) is 2.73. The van der Waals surface area contributed by atoms with Crippen LogP contribution in [0.1, 0.15) is 5.56 Å². The van der Waals surface area contributed by atoms with Crippen molar-refractivity contribution in [2.45, 2.75) is 6.92 Å². The highest BCUT2D eigenvalue weighted by atomic mass is 19.1. The van der Waals surface area contributed by atoms with E-state index in [4.69, 9.17) is 4.42 Å². The lowest BCUT2D eigenvalue weighted by Crippen LogP contribution is -1.80. The molecule has 0 amide bonds. The predicted octanol–water partition coefficient (Wildman–Crippen LogP) is 4.08. The average molecular weight is 245 g/mol. The molecular weight excluding hydrogens is 236 g/mol. The first-order valence-electron chi connectivity index (χ1n) is 5.46. The van der Waals surface area contributed by atoms with Crippen molar-refractivity contribution in [3.8, 4) is 11.5 Å². The zero-order valence-electron chi connectivity index (χ0n) is 9.58. The number of nitrogens with zero attached hydrogens (tertiary/aromatic N) is 1. The van der Waals surface area contributed by atoms with Crippen molar-refractivity contribution >= 4 is 11.1 Å². The van der Waals surface area contributed by atoms with Crippen LogP contribution in [0.2, 0.25) is 0 Å². The highest BCUT2D eigenvalue weighted by Crippen LogP contribution is 2.27. The van der Waals surface area contributed by atoms with Crippen molar-refractivity contribution in [1.82, 2.24) is 4.98 Å². The van der Waals surface area contributed by atoms with E-state index in [2.05, 4.69) is 4.98 Å². The molecule has 2 aromatic carbocycles. The highest BCUT2D eigenvalue weighted by Gasteiger charge is 2.13. The van der Waals surface area contributed by atoms with E-state index in [-0.39, 0.29) is 11.1 Å². The number of fused-ring (bicyclic) bond motifs is 1. The summed E-state index contributed by atoms with van der Waals surface area (Å²) in [6, 6.07) is 9.42. The molecule has 0 saturated heterocycles. The molecule has 18 heavy (non-hydrogen) atoms. The van der Waals surface area contributed by atoms with Crippen LogP contribution in [0, 0.1) is 18.6 Å². The number of hydrogen-bond donors (Lipinski definition) is 0. The molecular formula is C14H9F2NO. The standard InChI is InChI=1S/C14H9F2NO/c1-8-3-2-4-9(5-8)14-17-12-7-10(15)6-11(16)13(12)18-14/h2-7H,1H3. The van der Waals surface area contributed by atoms with Crippen LogP contribution < -0.4 is 0 Å². The maximum atomic E-state index is 13.5.